The molecule has 0 rings (SSSR count). The first-order valence-corrected chi connectivity index (χ1v) is 3.53. The lowest BCUT2D eigenvalue weighted by Gasteiger charge is -1.71. The summed E-state index contributed by atoms with van der Waals surface area (Å²) in [5, 5.41) is 0. The largest absolute Gasteiger partial charge is 0.215 e. The quantitative estimate of drug-likeness (QED) is 0.379. The van der Waals surface area contributed by atoms with Crippen LogP contribution in [0.2, 0.25) is 0 Å². The van der Waals surface area contributed by atoms with E-state index in [0.717, 1.165) is 0 Å². The van der Waals surface area contributed by atoms with Gasteiger partial charge < -0.3 is 0 Å². The van der Waals surface area contributed by atoms with Crippen LogP contribution in [0, 0.1) is 0 Å². The van der Waals surface area contributed by atoms with Crippen LogP contribution in [0.3, 0.4) is 0 Å². The van der Waals surface area contributed by atoms with Gasteiger partial charge in [0.15, 0.2) is 0 Å². The van der Waals surface area contributed by atoms with Crippen LogP contribution in [0.5, 0.6) is 0 Å². The molecule has 0 unspecified atom stereocenters. The molecule has 0 aliphatic rings. The monoisotopic (exact) mass is 145 g/mol. The molecule has 44 valence electrons. The summed E-state index contributed by atoms with van der Waals surface area (Å²) in [6, 6.07) is 0. The van der Waals surface area contributed by atoms with Gasteiger partial charge in [-0.2, -0.15) is 0 Å². The molecule has 7 heavy (non-hydrogen) atoms. The molecule has 5 nitrogen and oxygen atoms in total. The Hall–Kier alpha value is -0.140. The molecule has 0 amide bonds. The second kappa shape index (κ2) is 2.94. The zero-order valence-electron chi connectivity index (χ0n) is 3.03. The zero-order valence-corrected chi connectivity index (χ0v) is 4.82. The van der Waals surface area contributed by atoms with Crippen molar-refractivity contribution in [1.29, 1.82) is 0 Å². The van der Waals surface area contributed by atoms with Crippen LogP contribution in [-0.2, 0) is 21.8 Å². The Morgan fingerprint density at radius 3 is 1.14 bits per heavy atom. The molecule has 0 fully saturated rings. The molecule has 0 aromatic heterocycles. The van der Waals surface area contributed by atoms with Crippen molar-refractivity contribution in [1.82, 2.24) is 4.13 Å². The summed E-state index contributed by atoms with van der Waals surface area (Å²) in [5.74, 6) is 0. The molecule has 0 atom stereocenters. The van der Waals surface area contributed by atoms with Crippen LogP contribution in [0.4, 0.5) is 0 Å². The lowest BCUT2D eigenvalue weighted by Crippen LogP contribution is -2.06. The average Bonchev–Trinajstić information content (AvgIpc) is 1.27. The zero-order chi connectivity index (χ0) is 5.86. The van der Waals surface area contributed by atoms with Gasteiger partial charge in [0.05, 0.1) is 0 Å². The fourth-order valence-electron chi connectivity index (χ4n) is 0.0667. The Morgan fingerprint density at radius 1 is 0.857 bits per heavy atom. The Bertz CT molecular complexity index is 138. The van der Waals surface area contributed by atoms with Gasteiger partial charge in [-0.05, 0) is 0 Å². The third-order valence-electron chi connectivity index (χ3n) is 0.163. The Kier molecular flexibility index (Phi) is 2.88. The minimum absolute atomic E-state index is 1.21. The van der Waals surface area contributed by atoms with Crippen molar-refractivity contribution in [3.8, 4) is 0 Å². The number of rotatable bonds is 2. The van der Waals surface area contributed by atoms with Gasteiger partial charge in [-0.15, -0.1) is 4.13 Å². The Morgan fingerprint density at radius 2 is 1.14 bits per heavy atom. The van der Waals surface area contributed by atoms with Crippen LogP contribution in [0.1, 0.15) is 0 Å². The highest BCUT2D eigenvalue weighted by molar-refractivity contribution is 7.86. The van der Waals surface area contributed by atoms with E-state index in [1.54, 1.807) is 0 Å². The number of thiol groups is 2. The highest BCUT2D eigenvalue weighted by Crippen LogP contribution is 1.47. The first-order chi connectivity index (χ1) is 3.13. The van der Waals surface area contributed by atoms with E-state index in [1.165, 1.54) is 4.13 Å². The summed E-state index contributed by atoms with van der Waals surface area (Å²) < 4.78 is 38.6. The van der Waals surface area contributed by atoms with Gasteiger partial charge in [0.2, 0.25) is 21.8 Å². The van der Waals surface area contributed by atoms with Gasteiger partial charge in [0.1, 0.15) is 0 Å². The van der Waals surface area contributed by atoms with Crippen molar-refractivity contribution in [2.24, 2.45) is 0 Å². The van der Waals surface area contributed by atoms with Crippen molar-refractivity contribution in [3.63, 3.8) is 0 Å². The lowest BCUT2D eigenvalue weighted by atomic mass is 13.9. The van der Waals surface area contributed by atoms with Crippen LogP contribution >= 0.6 is 0 Å². The van der Waals surface area contributed by atoms with Crippen molar-refractivity contribution in [2.75, 3.05) is 0 Å². The lowest BCUT2D eigenvalue weighted by molar-refractivity contribution is 0.599. The number of hydrogen-bond donors (Lipinski definition) is 3. The fourth-order valence-corrected chi connectivity index (χ4v) is 0.600. The van der Waals surface area contributed by atoms with Gasteiger partial charge >= 0.3 is 0 Å². The summed E-state index contributed by atoms with van der Waals surface area (Å²) >= 11 is 0. The normalized spacial score (nSPS) is 10.6. The third kappa shape index (κ3) is 5.86. The fraction of sp³-hybridized carbons (Fsp3) is 0. The molecule has 0 heterocycles. The molecule has 0 aliphatic heterocycles. The smallest absolute Gasteiger partial charge is 0.214 e. The summed E-state index contributed by atoms with van der Waals surface area (Å²) in [5.41, 5.74) is 0. The molecule has 0 spiro atoms. The first kappa shape index (κ1) is 6.86. The molecule has 0 aromatic carbocycles. The van der Waals surface area contributed by atoms with E-state index in [4.69, 9.17) is 0 Å². The maximum absolute atomic E-state index is 9.35. The van der Waals surface area contributed by atoms with Gasteiger partial charge in [0, 0.05) is 0 Å². The standard InChI is InChI=1S/H3NO4S2/c2-6(3)1-7(4)5/h6-7H,(H,1,2,3,4,5). The van der Waals surface area contributed by atoms with Crippen molar-refractivity contribution < 1.29 is 16.8 Å². The predicted octanol–water partition coefficient (Wildman–Crippen LogP) is -2.37. The number of hydrogen-bond acceptors (Lipinski definition) is 4. The molecule has 0 bridgehead atoms. The number of nitrogens with one attached hydrogen (secondary N) is 1. The second-order valence-corrected chi connectivity index (χ2v) is 2.44. The van der Waals surface area contributed by atoms with Crippen molar-refractivity contribution >= 4 is 21.8 Å². The third-order valence-corrected chi connectivity index (χ3v) is 1.47. The topological polar surface area (TPSA) is 80.3 Å². The van der Waals surface area contributed by atoms with Crippen LogP contribution in [0.25, 0.3) is 0 Å². The first-order valence-electron chi connectivity index (χ1n) is 1.18. The minimum Gasteiger partial charge on any atom is -0.215 e. The summed E-state index contributed by atoms with van der Waals surface area (Å²) in [6.45, 7) is 0. The van der Waals surface area contributed by atoms with Crippen molar-refractivity contribution in [2.45, 2.75) is 0 Å². The van der Waals surface area contributed by atoms with Crippen LogP contribution in [-0.4, -0.2) is 16.8 Å². The average molecular weight is 145 g/mol. The SMILES string of the molecule is O=[SH](=O)N[SH](=O)=O. The maximum atomic E-state index is 9.35. The Labute approximate surface area is 43.5 Å². The molecule has 0 saturated carbocycles. The van der Waals surface area contributed by atoms with E-state index >= 15 is 0 Å². The van der Waals surface area contributed by atoms with Crippen LogP contribution in [0.15, 0.2) is 0 Å². The van der Waals surface area contributed by atoms with E-state index in [0.29, 0.717) is 0 Å². The van der Waals surface area contributed by atoms with E-state index in [1.807, 2.05) is 0 Å². The second-order valence-electron chi connectivity index (χ2n) is 0.614. The highest BCUT2D eigenvalue weighted by atomic mass is 32.2. The van der Waals surface area contributed by atoms with E-state index in [2.05, 4.69) is 0 Å². The van der Waals surface area contributed by atoms with E-state index in [-0.39, 0.29) is 0 Å². The van der Waals surface area contributed by atoms with Crippen LogP contribution < -0.4 is 4.13 Å². The molecule has 1 N–H and O–H groups in total. The molecule has 0 aromatic rings. The van der Waals surface area contributed by atoms with Gasteiger partial charge in [-0.1, -0.05) is 0 Å². The molecule has 0 aliphatic carbocycles. The van der Waals surface area contributed by atoms with E-state index < -0.39 is 21.8 Å². The van der Waals surface area contributed by atoms with Gasteiger partial charge in [-0.25, -0.2) is 16.8 Å². The summed E-state index contributed by atoms with van der Waals surface area (Å²) in [4.78, 5) is 0. The minimum atomic E-state index is -2.99. The maximum Gasteiger partial charge on any atom is 0.214 e. The van der Waals surface area contributed by atoms with Gasteiger partial charge in [-0.3, -0.25) is 0 Å². The van der Waals surface area contributed by atoms with E-state index in [9.17, 15) is 16.8 Å². The molecule has 7 heteroatoms. The summed E-state index contributed by atoms with van der Waals surface area (Å²) in [6.07, 6.45) is 0. The summed E-state index contributed by atoms with van der Waals surface area (Å²) in [7, 11) is -5.97. The Balaban J connectivity index is 3.77. The van der Waals surface area contributed by atoms with Crippen molar-refractivity contribution in [3.05, 3.63) is 0 Å². The molecular formula is H3NO4S2. The molecule has 0 radical (unpaired) electrons. The molecule has 0 saturated heterocycles. The van der Waals surface area contributed by atoms with Gasteiger partial charge in [0.25, 0.3) is 0 Å². The highest BCUT2D eigenvalue weighted by Gasteiger charge is 1.78. The predicted molar refractivity (Wildman–Crippen MR) is 23.8 cm³/mol. The molecular weight excluding hydrogens is 142 g/mol.